The van der Waals surface area contributed by atoms with Crippen molar-refractivity contribution in [3.63, 3.8) is 0 Å². The monoisotopic (exact) mass is 283 g/mol. The number of para-hydroxylation sites is 1. The average Bonchev–Trinajstić information content (AvgIpc) is 3.03. The molecule has 0 aliphatic rings. The smallest absolute Gasteiger partial charge is 0.373 e. The van der Waals surface area contributed by atoms with E-state index < -0.39 is 12.1 Å². The number of hydrogen-bond donors (Lipinski definition) is 1. The number of hydrogen-bond acceptors (Lipinski definition) is 5. The molecule has 106 valence electrons. The Balaban J connectivity index is 2.02. The molecule has 2 aromatic heterocycles. The number of carbonyl (C=O) groups excluding carboxylic acids is 1. The van der Waals surface area contributed by atoms with Gasteiger partial charge < -0.3 is 14.3 Å². The highest BCUT2D eigenvalue weighted by molar-refractivity contribution is 5.86. The minimum atomic E-state index is -0.998. The lowest BCUT2D eigenvalue weighted by molar-refractivity contribution is 0.0558. The maximum atomic E-state index is 11.4. The van der Waals surface area contributed by atoms with Gasteiger partial charge in [0.05, 0.1) is 12.6 Å². The van der Waals surface area contributed by atoms with Crippen molar-refractivity contribution >= 4 is 16.9 Å². The number of methoxy groups -OCH3 is 1. The Morgan fingerprint density at radius 3 is 2.86 bits per heavy atom. The molecular formula is C16H13NO4. The van der Waals surface area contributed by atoms with Gasteiger partial charge in [-0.1, -0.05) is 24.3 Å². The normalized spacial score (nSPS) is 12.3. The van der Waals surface area contributed by atoms with Crippen LogP contribution in [0, 0.1) is 0 Å². The zero-order chi connectivity index (χ0) is 14.8. The zero-order valence-corrected chi connectivity index (χ0v) is 11.3. The second kappa shape index (κ2) is 5.38. The molecule has 0 saturated carbocycles. The minimum Gasteiger partial charge on any atom is -0.463 e. The fourth-order valence-corrected chi connectivity index (χ4v) is 2.21. The SMILES string of the molecule is COC(=O)c1ccc(C(O)c2cccc3cccnc23)o1. The summed E-state index contributed by atoms with van der Waals surface area (Å²) in [6, 6.07) is 12.3. The van der Waals surface area contributed by atoms with Crippen LogP contribution in [0.3, 0.4) is 0 Å². The number of nitrogens with zero attached hydrogens (tertiary/aromatic N) is 1. The van der Waals surface area contributed by atoms with Crippen molar-refractivity contribution in [1.29, 1.82) is 0 Å². The summed E-state index contributed by atoms with van der Waals surface area (Å²) in [6.45, 7) is 0. The average molecular weight is 283 g/mol. The third-order valence-electron chi connectivity index (χ3n) is 3.24. The number of fused-ring (bicyclic) bond motifs is 1. The zero-order valence-electron chi connectivity index (χ0n) is 11.3. The molecule has 0 saturated heterocycles. The molecule has 0 amide bonds. The number of benzene rings is 1. The van der Waals surface area contributed by atoms with Gasteiger partial charge in [-0.3, -0.25) is 4.98 Å². The predicted molar refractivity (Wildman–Crippen MR) is 75.9 cm³/mol. The summed E-state index contributed by atoms with van der Waals surface area (Å²) in [5, 5.41) is 11.4. The molecule has 0 spiro atoms. The highest BCUT2D eigenvalue weighted by Gasteiger charge is 2.20. The van der Waals surface area contributed by atoms with Gasteiger partial charge >= 0.3 is 5.97 Å². The fraction of sp³-hybridized carbons (Fsp3) is 0.125. The van der Waals surface area contributed by atoms with Gasteiger partial charge in [0, 0.05) is 17.1 Å². The molecule has 3 rings (SSSR count). The number of carbonyl (C=O) groups is 1. The van der Waals surface area contributed by atoms with Crippen LogP contribution in [0.25, 0.3) is 10.9 Å². The first-order chi connectivity index (χ1) is 10.2. The molecule has 3 aromatic rings. The van der Waals surface area contributed by atoms with E-state index in [1.54, 1.807) is 18.3 Å². The van der Waals surface area contributed by atoms with Gasteiger partial charge in [0.15, 0.2) is 0 Å². The van der Waals surface area contributed by atoms with E-state index in [9.17, 15) is 9.90 Å². The standard InChI is InChI=1S/C16H13NO4/c1-20-16(19)13-8-7-12(21-13)15(18)11-6-2-4-10-5-3-9-17-14(10)11/h2-9,15,18H,1H3. The second-order valence-corrected chi connectivity index (χ2v) is 4.52. The van der Waals surface area contributed by atoms with Crippen LogP contribution in [-0.2, 0) is 4.74 Å². The summed E-state index contributed by atoms with van der Waals surface area (Å²) in [4.78, 5) is 15.7. The van der Waals surface area contributed by atoms with E-state index in [0.717, 1.165) is 5.39 Å². The van der Waals surface area contributed by atoms with Crippen LogP contribution in [0.2, 0.25) is 0 Å². The summed E-state index contributed by atoms with van der Waals surface area (Å²) in [6.07, 6.45) is 0.669. The molecule has 5 heteroatoms. The highest BCUT2D eigenvalue weighted by atomic mass is 16.5. The molecule has 2 heterocycles. The molecule has 0 radical (unpaired) electrons. The predicted octanol–water partition coefficient (Wildman–Crippen LogP) is 2.70. The lowest BCUT2D eigenvalue weighted by Gasteiger charge is -2.10. The number of esters is 1. The van der Waals surface area contributed by atoms with Crippen LogP contribution in [-0.4, -0.2) is 23.2 Å². The van der Waals surface area contributed by atoms with E-state index in [4.69, 9.17) is 4.42 Å². The summed E-state index contributed by atoms with van der Waals surface area (Å²) in [5.74, 6) is -0.252. The Bertz CT molecular complexity index is 788. The molecule has 1 aromatic carbocycles. The van der Waals surface area contributed by atoms with Crippen molar-refractivity contribution in [3.05, 3.63) is 65.7 Å². The summed E-state index contributed by atoms with van der Waals surface area (Å²) in [5.41, 5.74) is 1.32. The van der Waals surface area contributed by atoms with Gasteiger partial charge in [-0.05, 0) is 18.2 Å². The second-order valence-electron chi connectivity index (χ2n) is 4.52. The lowest BCUT2D eigenvalue weighted by atomic mass is 10.0. The van der Waals surface area contributed by atoms with Gasteiger partial charge in [-0.2, -0.15) is 0 Å². The van der Waals surface area contributed by atoms with Crippen molar-refractivity contribution in [2.45, 2.75) is 6.10 Å². The van der Waals surface area contributed by atoms with Gasteiger partial charge in [-0.25, -0.2) is 4.79 Å². The van der Waals surface area contributed by atoms with Crippen molar-refractivity contribution in [3.8, 4) is 0 Å². The van der Waals surface area contributed by atoms with Gasteiger partial charge in [-0.15, -0.1) is 0 Å². The van der Waals surface area contributed by atoms with E-state index in [1.165, 1.54) is 13.2 Å². The van der Waals surface area contributed by atoms with E-state index in [2.05, 4.69) is 9.72 Å². The number of aromatic nitrogens is 1. The van der Waals surface area contributed by atoms with Gasteiger partial charge in [0.1, 0.15) is 11.9 Å². The number of aliphatic hydroxyl groups excluding tert-OH is 1. The van der Waals surface area contributed by atoms with Gasteiger partial charge in [0.2, 0.25) is 5.76 Å². The van der Waals surface area contributed by atoms with Crippen LogP contribution in [0.15, 0.2) is 53.1 Å². The van der Waals surface area contributed by atoms with E-state index in [0.29, 0.717) is 11.1 Å². The summed E-state index contributed by atoms with van der Waals surface area (Å²) < 4.78 is 9.93. The number of ether oxygens (including phenoxy) is 1. The first kappa shape index (κ1) is 13.3. The number of furan rings is 1. The van der Waals surface area contributed by atoms with E-state index >= 15 is 0 Å². The lowest BCUT2D eigenvalue weighted by Crippen LogP contribution is -2.01. The van der Waals surface area contributed by atoms with Crippen molar-refractivity contribution in [2.75, 3.05) is 7.11 Å². The fourth-order valence-electron chi connectivity index (χ4n) is 2.21. The first-order valence-corrected chi connectivity index (χ1v) is 6.40. The molecule has 0 bridgehead atoms. The van der Waals surface area contributed by atoms with Crippen LogP contribution in [0.5, 0.6) is 0 Å². The summed E-state index contributed by atoms with van der Waals surface area (Å²) >= 11 is 0. The molecule has 21 heavy (non-hydrogen) atoms. The Morgan fingerprint density at radius 1 is 1.24 bits per heavy atom. The molecule has 5 nitrogen and oxygen atoms in total. The van der Waals surface area contributed by atoms with E-state index in [-0.39, 0.29) is 11.5 Å². The Morgan fingerprint density at radius 2 is 2.05 bits per heavy atom. The van der Waals surface area contributed by atoms with Crippen molar-refractivity contribution in [1.82, 2.24) is 4.98 Å². The number of rotatable bonds is 3. The van der Waals surface area contributed by atoms with Gasteiger partial charge in [0.25, 0.3) is 0 Å². The minimum absolute atomic E-state index is 0.0553. The summed E-state index contributed by atoms with van der Waals surface area (Å²) in [7, 11) is 1.27. The highest BCUT2D eigenvalue weighted by Crippen LogP contribution is 2.28. The third kappa shape index (κ3) is 2.39. The molecule has 0 aliphatic heterocycles. The largest absolute Gasteiger partial charge is 0.463 e. The van der Waals surface area contributed by atoms with Crippen molar-refractivity contribution in [2.24, 2.45) is 0 Å². The maximum absolute atomic E-state index is 11.4. The number of aliphatic hydroxyl groups is 1. The molecular weight excluding hydrogens is 270 g/mol. The maximum Gasteiger partial charge on any atom is 0.373 e. The molecule has 0 aliphatic carbocycles. The topological polar surface area (TPSA) is 72.6 Å². The Labute approximate surface area is 120 Å². The molecule has 0 fully saturated rings. The molecule has 1 atom stereocenters. The van der Waals surface area contributed by atoms with Crippen molar-refractivity contribution < 1.29 is 19.1 Å². The molecule has 1 N–H and O–H groups in total. The quantitative estimate of drug-likeness (QED) is 0.748. The Hall–Kier alpha value is -2.66. The Kier molecular flexibility index (Phi) is 3.41. The number of pyridine rings is 1. The van der Waals surface area contributed by atoms with Crippen LogP contribution < -0.4 is 0 Å². The third-order valence-corrected chi connectivity index (χ3v) is 3.24. The molecule has 1 unspecified atom stereocenters. The van der Waals surface area contributed by atoms with Crippen LogP contribution in [0.4, 0.5) is 0 Å². The van der Waals surface area contributed by atoms with Crippen LogP contribution in [0.1, 0.15) is 28.0 Å². The van der Waals surface area contributed by atoms with E-state index in [1.807, 2.05) is 24.3 Å². The first-order valence-electron chi connectivity index (χ1n) is 6.40. The van der Waals surface area contributed by atoms with Crippen LogP contribution >= 0.6 is 0 Å².